The highest BCUT2D eigenvalue weighted by molar-refractivity contribution is 4.77. The van der Waals surface area contributed by atoms with Crippen LogP contribution >= 0.6 is 0 Å². The predicted octanol–water partition coefficient (Wildman–Crippen LogP) is 1.83. The highest BCUT2D eigenvalue weighted by atomic mass is 16.5. The Morgan fingerprint density at radius 2 is 2.06 bits per heavy atom. The largest absolute Gasteiger partial charge is 0.379 e. The van der Waals surface area contributed by atoms with Crippen molar-refractivity contribution in [2.24, 2.45) is 0 Å². The van der Waals surface area contributed by atoms with Gasteiger partial charge in [0.05, 0.1) is 18.8 Å². The van der Waals surface area contributed by atoms with Crippen molar-refractivity contribution < 1.29 is 9.47 Å². The van der Waals surface area contributed by atoms with Crippen molar-refractivity contribution in [1.82, 2.24) is 4.90 Å². The first kappa shape index (κ1) is 12.1. The molecule has 0 N–H and O–H groups in total. The number of piperidine rings is 1. The normalized spacial score (nSPS) is 28.4. The van der Waals surface area contributed by atoms with Gasteiger partial charge in [-0.05, 0) is 25.7 Å². The van der Waals surface area contributed by atoms with E-state index in [-0.39, 0.29) is 0 Å². The Morgan fingerprint density at radius 3 is 2.69 bits per heavy atom. The number of hydrogen-bond donors (Lipinski definition) is 0. The summed E-state index contributed by atoms with van der Waals surface area (Å²) in [6.45, 7) is 8.94. The molecule has 0 aliphatic carbocycles. The van der Waals surface area contributed by atoms with E-state index in [4.69, 9.17) is 9.47 Å². The van der Waals surface area contributed by atoms with E-state index in [1.165, 1.54) is 25.9 Å². The molecule has 0 amide bonds. The molecular formula is C13H23NO2. The van der Waals surface area contributed by atoms with Crippen molar-refractivity contribution in [1.29, 1.82) is 0 Å². The van der Waals surface area contributed by atoms with E-state index in [0.717, 1.165) is 32.6 Å². The molecule has 2 fully saturated rings. The molecule has 0 aromatic rings. The van der Waals surface area contributed by atoms with Gasteiger partial charge in [0.25, 0.3) is 0 Å². The van der Waals surface area contributed by atoms with E-state index in [9.17, 15) is 0 Å². The lowest BCUT2D eigenvalue weighted by Gasteiger charge is -2.32. The minimum atomic E-state index is 0.365. The lowest BCUT2D eigenvalue weighted by Crippen LogP contribution is -2.38. The summed E-state index contributed by atoms with van der Waals surface area (Å²) in [5.41, 5.74) is 0. The zero-order valence-corrected chi connectivity index (χ0v) is 10.1. The van der Waals surface area contributed by atoms with Crippen molar-refractivity contribution >= 4 is 0 Å². The molecule has 0 bridgehead atoms. The molecule has 3 nitrogen and oxygen atoms in total. The fourth-order valence-corrected chi connectivity index (χ4v) is 2.44. The summed E-state index contributed by atoms with van der Waals surface area (Å²) in [5, 5.41) is 0. The maximum Gasteiger partial charge on any atom is 0.0834 e. The highest BCUT2D eigenvalue weighted by Gasteiger charge is 2.24. The van der Waals surface area contributed by atoms with Gasteiger partial charge in [0, 0.05) is 26.2 Å². The minimum absolute atomic E-state index is 0.365. The van der Waals surface area contributed by atoms with E-state index < -0.39 is 0 Å². The number of ether oxygens (including phenoxy) is 2. The molecule has 0 aromatic heterocycles. The van der Waals surface area contributed by atoms with Crippen LogP contribution in [0, 0.1) is 0 Å². The SMILES string of the molecule is C=CCCN1CCC(O[C@@H]2CCOC2)CC1. The average Bonchev–Trinajstić information content (AvgIpc) is 2.81. The van der Waals surface area contributed by atoms with Gasteiger partial charge in [0.2, 0.25) is 0 Å². The first-order chi connectivity index (χ1) is 7.88. The zero-order chi connectivity index (χ0) is 11.2. The van der Waals surface area contributed by atoms with Gasteiger partial charge in [-0.15, -0.1) is 6.58 Å². The lowest BCUT2D eigenvalue weighted by atomic mass is 10.1. The molecule has 0 unspecified atom stereocenters. The van der Waals surface area contributed by atoms with Crippen molar-refractivity contribution in [3.05, 3.63) is 12.7 Å². The van der Waals surface area contributed by atoms with Crippen LogP contribution in [0.2, 0.25) is 0 Å². The fourth-order valence-electron chi connectivity index (χ4n) is 2.44. The van der Waals surface area contributed by atoms with Crippen LogP contribution in [0.3, 0.4) is 0 Å². The smallest absolute Gasteiger partial charge is 0.0834 e. The second-order valence-electron chi connectivity index (χ2n) is 4.74. The predicted molar refractivity (Wildman–Crippen MR) is 64.6 cm³/mol. The summed E-state index contributed by atoms with van der Waals surface area (Å²) in [4.78, 5) is 2.51. The Morgan fingerprint density at radius 1 is 1.25 bits per heavy atom. The van der Waals surface area contributed by atoms with Crippen LogP contribution in [0.15, 0.2) is 12.7 Å². The summed E-state index contributed by atoms with van der Waals surface area (Å²) in [6, 6.07) is 0. The summed E-state index contributed by atoms with van der Waals surface area (Å²) in [7, 11) is 0. The quantitative estimate of drug-likeness (QED) is 0.666. The van der Waals surface area contributed by atoms with Crippen molar-refractivity contribution in [2.75, 3.05) is 32.8 Å². The van der Waals surface area contributed by atoms with Gasteiger partial charge < -0.3 is 14.4 Å². The van der Waals surface area contributed by atoms with E-state index in [1.54, 1.807) is 0 Å². The standard InChI is InChI=1S/C13H23NO2/c1-2-3-7-14-8-4-12(5-9-14)16-13-6-10-15-11-13/h2,12-13H,1,3-11H2/t13-/m1/s1. The van der Waals surface area contributed by atoms with Crippen LogP contribution in [0.1, 0.15) is 25.7 Å². The third kappa shape index (κ3) is 3.58. The Hall–Kier alpha value is -0.380. The molecule has 2 aliphatic heterocycles. The first-order valence-electron chi connectivity index (χ1n) is 6.45. The van der Waals surface area contributed by atoms with Gasteiger partial charge in [-0.1, -0.05) is 6.08 Å². The van der Waals surface area contributed by atoms with Crippen molar-refractivity contribution in [2.45, 2.75) is 37.9 Å². The molecule has 2 saturated heterocycles. The molecule has 1 atom stereocenters. The Balaban J connectivity index is 1.62. The van der Waals surface area contributed by atoms with Gasteiger partial charge in [0.1, 0.15) is 0 Å². The molecule has 0 aromatic carbocycles. The van der Waals surface area contributed by atoms with Crippen molar-refractivity contribution in [3.63, 3.8) is 0 Å². The van der Waals surface area contributed by atoms with Gasteiger partial charge in [-0.25, -0.2) is 0 Å². The average molecular weight is 225 g/mol. The lowest BCUT2D eigenvalue weighted by molar-refractivity contribution is -0.0436. The van der Waals surface area contributed by atoms with E-state index >= 15 is 0 Å². The summed E-state index contributed by atoms with van der Waals surface area (Å²) < 4.78 is 11.4. The number of likely N-dealkylation sites (tertiary alicyclic amines) is 1. The second-order valence-corrected chi connectivity index (χ2v) is 4.74. The van der Waals surface area contributed by atoms with Crippen LogP contribution < -0.4 is 0 Å². The van der Waals surface area contributed by atoms with Crippen LogP contribution in [0.25, 0.3) is 0 Å². The van der Waals surface area contributed by atoms with Gasteiger partial charge >= 0.3 is 0 Å². The molecule has 92 valence electrons. The molecule has 2 heterocycles. The second kappa shape index (κ2) is 6.38. The topological polar surface area (TPSA) is 21.7 Å². The maximum atomic E-state index is 6.03. The summed E-state index contributed by atoms with van der Waals surface area (Å²) in [5.74, 6) is 0. The molecule has 0 radical (unpaired) electrons. The van der Waals surface area contributed by atoms with E-state index in [2.05, 4.69) is 11.5 Å². The minimum Gasteiger partial charge on any atom is -0.379 e. The van der Waals surface area contributed by atoms with E-state index in [1.807, 2.05) is 6.08 Å². The fraction of sp³-hybridized carbons (Fsp3) is 0.846. The van der Waals surface area contributed by atoms with Gasteiger partial charge in [0.15, 0.2) is 0 Å². The molecule has 2 rings (SSSR count). The van der Waals surface area contributed by atoms with Crippen molar-refractivity contribution in [3.8, 4) is 0 Å². The number of rotatable bonds is 5. The maximum absolute atomic E-state index is 6.03. The Labute approximate surface area is 98.4 Å². The highest BCUT2D eigenvalue weighted by Crippen LogP contribution is 2.19. The molecule has 3 heteroatoms. The molecule has 16 heavy (non-hydrogen) atoms. The van der Waals surface area contributed by atoms with Gasteiger partial charge in [-0.2, -0.15) is 0 Å². The Kier molecular flexibility index (Phi) is 4.82. The van der Waals surface area contributed by atoms with Crippen LogP contribution in [-0.4, -0.2) is 50.0 Å². The van der Waals surface area contributed by atoms with Crippen LogP contribution in [-0.2, 0) is 9.47 Å². The summed E-state index contributed by atoms with van der Waals surface area (Å²) >= 11 is 0. The Bertz CT molecular complexity index is 206. The summed E-state index contributed by atoms with van der Waals surface area (Å²) in [6.07, 6.45) is 7.36. The number of hydrogen-bond acceptors (Lipinski definition) is 3. The van der Waals surface area contributed by atoms with Crippen LogP contribution in [0.4, 0.5) is 0 Å². The van der Waals surface area contributed by atoms with Gasteiger partial charge in [-0.3, -0.25) is 0 Å². The zero-order valence-electron chi connectivity index (χ0n) is 10.1. The molecule has 2 aliphatic rings. The third-order valence-corrected chi connectivity index (χ3v) is 3.46. The molecule has 0 spiro atoms. The molecular weight excluding hydrogens is 202 g/mol. The van der Waals surface area contributed by atoms with Crippen LogP contribution in [0.5, 0.6) is 0 Å². The van der Waals surface area contributed by atoms with E-state index in [0.29, 0.717) is 12.2 Å². The third-order valence-electron chi connectivity index (χ3n) is 3.46. The monoisotopic (exact) mass is 225 g/mol. The first-order valence-corrected chi connectivity index (χ1v) is 6.45. The molecule has 0 saturated carbocycles. The number of nitrogens with zero attached hydrogens (tertiary/aromatic N) is 1.